The molecule has 4 aromatic rings. The fourth-order valence-electron chi connectivity index (χ4n) is 3.85. The summed E-state index contributed by atoms with van der Waals surface area (Å²) in [4.78, 5) is 18.2. The Morgan fingerprint density at radius 2 is 1.80 bits per heavy atom. The number of nitrogens with zero attached hydrogens (tertiary/aromatic N) is 6. The van der Waals surface area contributed by atoms with Gasteiger partial charge in [-0.3, -0.25) is 4.90 Å². The highest BCUT2D eigenvalue weighted by Gasteiger charge is 2.27. The molecule has 0 aliphatic carbocycles. The van der Waals surface area contributed by atoms with Gasteiger partial charge < -0.3 is 9.42 Å². The highest BCUT2D eigenvalue weighted by atomic mass is 35.5. The SMILES string of the molecule is CC(c1nc(-c2ccccc2)no1)N1CCN(c2ncnc3cc(Cl)ccc23)CC1. The van der Waals surface area contributed by atoms with E-state index in [1.807, 2.05) is 48.5 Å². The molecule has 1 aliphatic rings. The maximum absolute atomic E-state index is 6.11. The predicted molar refractivity (Wildman–Crippen MR) is 116 cm³/mol. The second kappa shape index (κ2) is 8.01. The van der Waals surface area contributed by atoms with Crippen molar-refractivity contribution in [2.75, 3.05) is 31.1 Å². The third-order valence-corrected chi connectivity index (χ3v) is 5.81. The molecule has 5 rings (SSSR count). The van der Waals surface area contributed by atoms with E-state index in [0.717, 1.165) is 48.5 Å². The van der Waals surface area contributed by atoms with Crippen LogP contribution in [0.25, 0.3) is 22.3 Å². The molecule has 0 saturated carbocycles. The Bertz CT molecular complexity index is 1160. The quantitative estimate of drug-likeness (QED) is 0.489. The Morgan fingerprint density at radius 3 is 2.60 bits per heavy atom. The summed E-state index contributed by atoms with van der Waals surface area (Å²) >= 11 is 6.11. The number of fused-ring (bicyclic) bond motifs is 1. The van der Waals surface area contributed by atoms with E-state index >= 15 is 0 Å². The zero-order valence-corrected chi connectivity index (χ0v) is 17.3. The van der Waals surface area contributed by atoms with E-state index in [1.54, 1.807) is 6.33 Å². The van der Waals surface area contributed by atoms with Gasteiger partial charge >= 0.3 is 0 Å². The Hall–Kier alpha value is -3.03. The zero-order valence-electron chi connectivity index (χ0n) is 16.6. The maximum atomic E-state index is 6.11. The van der Waals surface area contributed by atoms with Gasteiger partial charge in [0, 0.05) is 42.2 Å². The first-order valence-electron chi connectivity index (χ1n) is 9.97. The van der Waals surface area contributed by atoms with Crippen LogP contribution in [-0.4, -0.2) is 51.2 Å². The van der Waals surface area contributed by atoms with Gasteiger partial charge in [0.15, 0.2) is 0 Å². The van der Waals surface area contributed by atoms with Gasteiger partial charge in [-0.2, -0.15) is 4.98 Å². The molecule has 0 N–H and O–H groups in total. The van der Waals surface area contributed by atoms with Crippen molar-refractivity contribution < 1.29 is 4.52 Å². The van der Waals surface area contributed by atoms with E-state index < -0.39 is 0 Å². The molecule has 2 aromatic carbocycles. The van der Waals surface area contributed by atoms with Crippen molar-refractivity contribution in [3.63, 3.8) is 0 Å². The lowest BCUT2D eigenvalue weighted by atomic mass is 10.2. The molecule has 1 saturated heterocycles. The van der Waals surface area contributed by atoms with Crippen molar-refractivity contribution >= 4 is 28.3 Å². The fourth-order valence-corrected chi connectivity index (χ4v) is 4.02. The number of halogens is 1. The molecule has 0 bridgehead atoms. The third-order valence-electron chi connectivity index (χ3n) is 5.57. The van der Waals surface area contributed by atoms with Crippen LogP contribution in [0, 0.1) is 0 Å². The van der Waals surface area contributed by atoms with E-state index in [-0.39, 0.29) is 6.04 Å². The summed E-state index contributed by atoms with van der Waals surface area (Å²) in [6.07, 6.45) is 1.60. The molecule has 2 aromatic heterocycles. The fraction of sp³-hybridized carbons (Fsp3) is 0.273. The Balaban J connectivity index is 1.29. The molecular formula is C22H21ClN6O. The van der Waals surface area contributed by atoms with E-state index in [2.05, 4.69) is 36.8 Å². The van der Waals surface area contributed by atoms with Crippen LogP contribution in [-0.2, 0) is 0 Å². The molecular weight excluding hydrogens is 400 g/mol. The number of benzene rings is 2. The summed E-state index contributed by atoms with van der Waals surface area (Å²) in [7, 11) is 0. The average molecular weight is 421 g/mol. The van der Waals surface area contributed by atoms with E-state index in [4.69, 9.17) is 16.1 Å². The largest absolute Gasteiger partial charge is 0.353 e. The first-order chi connectivity index (χ1) is 14.7. The molecule has 0 amide bonds. The lowest BCUT2D eigenvalue weighted by Gasteiger charge is -2.37. The molecule has 3 heterocycles. The molecule has 1 aliphatic heterocycles. The maximum Gasteiger partial charge on any atom is 0.244 e. The highest BCUT2D eigenvalue weighted by molar-refractivity contribution is 6.31. The summed E-state index contributed by atoms with van der Waals surface area (Å²) in [5, 5.41) is 5.86. The van der Waals surface area contributed by atoms with Gasteiger partial charge in [-0.05, 0) is 25.1 Å². The second-order valence-electron chi connectivity index (χ2n) is 7.38. The number of hydrogen-bond acceptors (Lipinski definition) is 7. The van der Waals surface area contributed by atoms with Crippen LogP contribution in [0.3, 0.4) is 0 Å². The lowest BCUT2D eigenvalue weighted by molar-refractivity contribution is 0.164. The van der Waals surface area contributed by atoms with Gasteiger partial charge in [-0.15, -0.1) is 0 Å². The summed E-state index contributed by atoms with van der Waals surface area (Å²) in [5.74, 6) is 2.22. The summed E-state index contributed by atoms with van der Waals surface area (Å²) < 4.78 is 5.56. The van der Waals surface area contributed by atoms with Gasteiger partial charge in [0.1, 0.15) is 12.1 Å². The van der Waals surface area contributed by atoms with Crippen LogP contribution < -0.4 is 4.90 Å². The molecule has 1 unspecified atom stereocenters. The molecule has 1 fully saturated rings. The van der Waals surface area contributed by atoms with Gasteiger partial charge in [-0.1, -0.05) is 47.1 Å². The Kier molecular flexibility index (Phi) is 5.06. The highest BCUT2D eigenvalue weighted by Crippen LogP contribution is 2.28. The van der Waals surface area contributed by atoms with Crippen molar-refractivity contribution in [2.45, 2.75) is 13.0 Å². The molecule has 152 valence electrons. The van der Waals surface area contributed by atoms with Gasteiger partial charge in [-0.25, -0.2) is 9.97 Å². The first-order valence-corrected chi connectivity index (χ1v) is 10.3. The smallest absolute Gasteiger partial charge is 0.244 e. The number of piperazine rings is 1. The van der Waals surface area contributed by atoms with E-state index in [1.165, 1.54) is 0 Å². The Morgan fingerprint density at radius 1 is 1.00 bits per heavy atom. The molecule has 1 atom stereocenters. The van der Waals surface area contributed by atoms with Crippen LogP contribution in [0.2, 0.25) is 5.02 Å². The van der Waals surface area contributed by atoms with Crippen molar-refractivity contribution in [3.05, 3.63) is 65.8 Å². The minimum Gasteiger partial charge on any atom is -0.353 e. The topological polar surface area (TPSA) is 71.2 Å². The van der Waals surface area contributed by atoms with Crippen molar-refractivity contribution in [1.82, 2.24) is 25.0 Å². The van der Waals surface area contributed by atoms with Gasteiger partial charge in [0.25, 0.3) is 0 Å². The minimum atomic E-state index is 0.0538. The van der Waals surface area contributed by atoms with Crippen molar-refractivity contribution in [3.8, 4) is 11.4 Å². The van der Waals surface area contributed by atoms with Crippen LogP contribution in [0.5, 0.6) is 0 Å². The Labute approximate surface area is 179 Å². The van der Waals surface area contributed by atoms with Crippen LogP contribution >= 0.6 is 11.6 Å². The first kappa shape index (κ1) is 19.0. The normalized spacial score (nSPS) is 16.1. The van der Waals surface area contributed by atoms with Gasteiger partial charge in [0.05, 0.1) is 11.6 Å². The monoisotopic (exact) mass is 420 g/mol. The molecule has 8 heteroatoms. The van der Waals surface area contributed by atoms with Crippen molar-refractivity contribution in [2.24, 2.45) is 0 Å². The number of hydrogen-bond donors (Lipinski definition) is 0. The third kappa shape index (κ3) is 3.62. The van der Waals surface area contributed by atoms with Gasteiger partial charge in [0.2, 0.25) is 11.7 Å². The number of anilines is 1. The second-order valence-corrected chi connectivity index (χ2v) is 7.82. The summed E-state index contributed by atoms with van der Waals surface area (Å²) in [5.41, 5.74) is 1.82. The standard InChI is InChI=1S/C22H21ClN6O/c1-15(22-26-20(27-30-22)16-5-3-2-4-6-16)28-9-11-29(12-10-28)21-18-8-7-17(23)13-19(18)24-14-25-21/h2-8,13-15H,9-12H2,1H3. The molecule has 0 radical (unpaired) electrons. The van der Waals surface area contributed by atoms with Crippen LogP contribution in [0.4, 0.5) is 5.82 Å². The van der Waals surface area contributed by atoms with Crippen LogP contribution in [0.1, 0.15) is 18.9 Å². The molecule has 30 heavy (non-hydrogen) atoms. The summed E-state index contributed by atoms with van der Waals surface area (Å²) in [6, 6.07) is 15.7. The summed E-state index contributed by atoms with van der Waals surface area (Å²) in [6.45, 7) is 5.59. The predicted octanol–water partition coefficient (Wildman–Crippen LogP) is 4.22. The van der Waals surface area contributed by atoms with E-state index in [0.29, 0.717) is 16.7 Å². The lowest BCUT2D eigenvalue weighted by Crippen LogP contribution is -2.47. The van der Waals surface area contributed by atoms with Crippen LogP contribution in [0.15, 0.2) is 59.4 Å². The minimum absolute atomic E-state index is 0.0538. The van der Waals surface area contributed by atoms with Crippen molar-refractivity contribution in [1.29, 1.82) is 0 Å². The average Bonchev–Trinajstić information content (AvgIpc) is 3.29. The number of rotatable bonds is 4. The number of aromatic nitrogens is 4. The van der Waals surface area contributed by atoms with E-state index in [9.17, 15) is 0 Å². The molecule has 0 spiro atoms. The zero-order chi connectivity index (χ0) is 20.5. The molecule has 7 nitrogen and oxygen atoms in total.